The number of nitrogens with one attached hydrogen (secondary N) is 2. The molecule has 0 saturated carbocycles. The fraction of sp³-hybridized carbons (Fsp3) is 0.231. The summed E-state index contributed by atoms with van der Waals surface area (Å²) >= 11 is 0. The van der Waals surface area contributed by atoms with Gasteiger partial charge in [-0.15, -0.1) is 0 Å². The predicted octanol–water partition coefficient (Wildman–Crippen LogP) is 3.89. The molecule has 34 heavy (non-hydrogen) atoms. The third-order valence-electron chi connectivity index (χ3n) is 5.73. The summed E-state index contributed by atoms with van der Waals surface area (Å²) in [5, 5.41) is 5.40. The van der Waals surface area contributed by atoms with E-state index >= 15 is 0 Å². The summed E-state index contributed by atoms with van der Waals surface area (Å²) in [6, 6.07) is 18.2. The van der Waals surface area contributed by atoms with Gasteiger partial charge in [-0.2, -0.15) is 0 Å². The highest BCUT2D eigenvalue weighted by atomic mass is 19.1. The Morgan fingerprint density at radius 1 is 0.971 bits per heavy atom. The van der Waals surface area contributed by atoms with Crippen LogP contribution in [0.4, 0.5) is 15.8 Å². The molecule has 1 aliphatic heterocycles. The first-order valence-corrected chi connectivity index (χ1v) is 11.1. The highest BCUT2D eigenvalue weighted by Crippen LogP contribution is 2.26. The summed E-state index contributed by atoms with van der Waals surface area (Å²) in [6.07, 6.45) is 3.09. The van der Waals surface area contributed by atoms with Gasteiger partial charge in [-0.05, 0) is 48.7 Å². The van der Waals surface area contributed by atoms with Gasteiger partial charge in [0.25, 0.3) is 5.91 Å². The van der Waals surface area contributed by atoms with Crippen molar-refractivity contribution in [2.24, 2.45) is 5.92 Å². The average molecular weight is 461 g/mol. The molecule has 3 aromatic rings. The summed E-state index contributed by atoms with van der Waals surface area (Å²) in [5.41, 5.74) is 1.54. The van der Waals surface area contributed by atoms with E-state index < -0.39 is 17.6 Å². The van der Waals surface area contributed by atoms with Crippen LogP contribution in [0.5, 0.6) is 0 Å². The zero-order valence-corrected chi connectivity index (χ0v) is 18.5. The third-order valence-corrected chi connectivity index (χ3v) is 5.73. The summed E-state index contributed by atoms with van der Waals surface area (Å²) in [4.78, 5) is 43.9. The van der Waals surface area contributed by atoms with Crippen LogP contribution in [0.25, 0.3) is 0 Å². The number of hydrogen-bond acceptors (Lipinski definition) is 4. The lowest BCUT2D eigenvalue weighted by atomic mass is 9.96. The van der Waals surface area contributed by atoms with E-state index in [-0.39, 0.29) is 35.3 Å². The van der Waals surface area contributed by atoms with E-state index in [1.807, 2.05) is 30.3 Å². The summed E-state index contributed by atoms with van der Waals surface area (Å²) in [7, 11) is 0. The Hall–Kier alpha value is -4.07. The molecule has 1 atom stereocenters. The van der Waals surface area contributed by atoms with Crippen molar-refractivity contribution in [2.75, 3.05) is 23.7 Å². The van der Waals surface area contributed by atoms with Gasteiger partial charge in [-0.1, -0.05) is 36.4 Å². The first-order valence-electron chi connectivity index (χ1n) is 11.1. The van der Waals surface area contributed by atoms with Crippen molar-refractivity contribution in [3.05, 3.63) is 90.0 Å². The van der Waals surface area contributed by atoms with Crippen molar-refractivity contribution in [2.45, 2.75) is 19.3 Å². The van der Waals surface area contributed by atoms with Crippen molar-refractivity contribution < 1.29 is 18.8 Å². The molecule has 8 heteroatoms. The third kappa shape index (κ3) is 5.83. The monoisotopic (exact) mass is 460 g/mol. The van der Waals surface area contributed by atoms with Crippen LogP contribution in [0.1, 0.15) is 28.9 Å². The molecule has 0 bridgehead atoms. The lowest BCUT2D eigenvalue weighted by Crippen LogP contribution is -2.44. The van der Waals surface area contributed by atoms with Crippen molar-refractivity contribution in [1.82, 2.24) is 9.88 Å². The van der Waals surface area contributed by atoms with E-state index in [0.717, 1.165) is 11.6 Å². The molecule has 1 aliphatic rings. The predicted molar refractivity (Wildman–Crippen MR) is 127 cm³/mol. The Balaban J connectivity index is 1.42. The number of amides is 3. The molecular formula is C26H25FN4O3. The molecule has 0 radical (unpaired) electrons. The van der Waals surface area contributed by atoms with Crippen LogP contribution < -0.4 is 10.6 Å². The van der Waals surface area contributed by atoms with Crippen molar-refractivity contribution in [1.29, 1.82) is 0 Å². The van der Waals surface area contributed by atoms with E-state index in [1.165, 1.54) is 18.3 Å². The Morgan fingerprint density at radius 2 is 1.76 bits per heavy atom. The number of nitrogens with zero attached hydrogens (tertiary/aromatic N) is 2. The molecule has 2 N–H and O–H groups in total. The second-order valence-electron chi connectivity index (χ2n) is 8.19. The SMILES string of the molecule is O=C(Nc1ccc(F)cc1NC(=O)C1CCCN(C(=O)Cc2ccccc2)C1)c1ccccn1. The van der Waals surface area contributed by atoms with Gasteiger partial charge in [0.1, 0.15) is 11.5 Å². The highest BCUT2D eigenvalue weighted by molar-refractivity contribution is 6.06. The number of carbonyl (C=O) groups excluding carboxylic acids is 3. The Labute approximate surface area is 197 Å². The number of rotatable bonds is 6. The molecule has 4 rings (SSSR count). The zero-order valence-electron chi connectivity index (χ0n) is 18.5. The maximum absolute atomic E-state index is 13.9. The number of likely N-dealkylation sites (tertiary alicyclic amines) is 1. The van der Waals surface area contributed by atoms with Gasteiger partial charge in [-0.25, -0.2) is 4.39 Å². The quantitative estimate of drug-likeness (QED) is 0.584. The van der Waals surface area contributed by atoms with Crippen LogP contribution in [0, 0.1) is 11.7 Å². The van der Waals surface area contributed by atoms with E-state index in [9.17, 15) is 18.8 Å². The lowest BCUT2D eigenvalue weighted by Gasteiger charge is -2.32. The van der Waals surface area contributed by atoms with Gasteiger partial charge in [0.05, 0.1) is 23.7 Å². The lowest BCUT2D eigenvalue weighted by molar-refractivity contribution is -0.133. The second-order valence-corrected chi connectivity index (χ2v) is 8.19. The summed E-state index contributed by atoms with van der Waals surface area (Å²) in [5.74, 6) is -1.81. The second kappa shape index (κ2) is 10.7. The standard InChI is InChI=1S/C26H25FN4O3/c27-20-11-12-21(29-26(34)22-10-4-5-13-28-22)23(16-20)30-25(33)19-9-6-14-31(17-19)24(32)15-18-7-2-1-3-8-18/h1-5,7-8,10-13,16,19H,6,9,14-15,17H2,(H,29,34)(H,30,33). The maximum Gasteiger partial charge on any atom is 0.274 e. The first kappa shape index (κ1) is 23.1. The van der Waals surface area contributed by atoms with Crippen LogP contribution in [0.15, 0.2) is 72.9 Å². The Kier molecular flexibility index (Phi) is 7.27. The molecule has 2 aromatic carbocycles. The van der Waals surface area contributed by atoms with Gasteiger partial charge in [-0.3, -0.25) is 19.4 Å². The maximum atomic E-state index is 13.9. The number of benzene rings is 2. The smallest absolute Gasteiger partial charge is 0.274 e. The van der Waals surface area contributed by atoms with Gasteiger partial charge in [0, 0.05) is 19.3 Å². The zero-order chi connectivity index (χ0) is 23.9. The van der Waals surface area contributed by atoms with Gasteiger partial charge in [0.2, 0.25) is 11.8 Å². The van der Waals surface area contributed by atoms with Crippen molar-refractivity contribution >= 4 is 29.1 Å². The molecular weight excluding hydrogens is 435 g/mol. The Bertz CT molecular complexity index is 1170. The number of piperidine rings is 1. The van der Waals surface area contributed by atoms with E-state index in [4.69, 9.17) is 0 Å². The van der Waals surface area contributed by atoms with Gasteiger partial charge < -0.3 is 15.5 Å². The first-order chi connectivity index (χ1) is 16.5. The summed E-state index contributed by atoms with van der Waals surface area (Å²) < 4.78 is 13.9. The highest BCUT2D eigenvalue weighted by Gasteiger charge is 2.29. The molecule has 1 unspecified atom stereocenters. The number of pyridine rings is 1. The van der Waals surface area contributed by atoms with Gasteiger partial charge >= 0.3 is 0 Å². The molecule has 174 valence electrons. The minimum atomic E-state index is -0.547. The topological polar surface area (TPSA) is 91.4 Å². The average Bonchev–Trinajstić information content (AvgIpc) is 2.87. The minimum absolute atomic E-state index is 0.0298. The van der Waals surface area contributed by atoms with Crippen LogP contribution in [-0.4, -0.2) is 40.7 Å². The van der Waals surface area contributed by atoms with Crippen LogP contribution >= 0.6 is 0 Å². The number of aromatic nitrogens is 1. The minimum Gasteiger partial charge on any atom is -0.342 e. The number of anilines is 2. The van der Waals surface area contributed by atoms with Crippen molar-refractivity contribution in [3.63, 3.8) is 0 Å². The number of carbonyl (C=O) groups is 3. The summed E-state index contributed by atoms with van der Waals surface area (Å²) in [6.45, 7) is 0.892. The normalized spacial score (nSPS) is 15.4. The molecule has 2 heterocycles. The van der Waals surface area contributed by atoms with Crippen LogP contribution in [0.3, 0.4) is 0 Å². The molecule has 1 saturated heterocycles. The molecule has 1 aromatic heterocycles. The largest absolute Gasteiger partial charge is 0.342 e. The fourth-order valence-corrected chi connectivity index (χ4v) is 3.95. The number of hydrogen-bond donors (Lipinski definition) is 2. The van der Waals surface area contributed by atoms with E-state index in [2.05, 4.69) is 15.6 Å². The van der Waals surface area contributed by atoms with Crippen LogP contribution in [0.2, 0.25) is 0 Å². The number of halogens is 1. The van der Waals surface area contributed by atoms with Gasteiger partial charge in [0.15, 0.2) is 0 Å². The molecule has 3 amide bonds. The Morgan fingerprint density at radius 3 is 2.53 bits per heavy atom. The van der Waals surface area contributed by atoms with Crippen molar-refractivity contribution in [3.8, 4) is 0 Å². The molecule has 0 aliphatic carbocycles. The van der Waals surface area contributed by atoms with Crippen LogP contribution in [-0.2, 0) is 16.0 Å². The molecule has 1 fully saturated rings. The molecule has 0 spiro atoms. The van der Waals surface area contributed by atoms with E-state index in [1.54, 1.807) is 23.1 Å². The fourth-order valence-electron chi connectivity index (χ4n) is 3.95. The molecule has 7 nitrogen and oxygen atoms in total. The van der Waals surface area contributed by atoms with E-state index in [0.29, 0.717) is 25.9 Å².